The minimum absolute atomic E-state index is 0.169. The Hall–Kier alpha value is -3.44. The van der Waals surface area contributed by atoms with Gasteiger partial charge in [0.25, 0.3) is 0 Å². The van der Waals surface area contributed by atoms with Gasteiger partial charge in [-0.3, -0.25) is 0 Å². The smallest absolute Gasteiger partial charge is 0.143 e. The quantitative estimate of drug-likeness (QED) is 0.483. The fraction of sp³-hybridized carbons (Fsp3) is 0.130. The normalized spacial score (nSPS) is 11.4. The summed E-state index contributed by atoms with van der Waals surface area (Å²) in [6.07, 6.45) is 5.09. The van der Waals surface area contributed by atoms with E-state index in [-0.39, 0.29) is 5.75 Å². The molecular weight excluding hydrogens is 348 g/mol. The average molecular weight is 370 g/mol. The molecule has 0 saturated carbocycles. The molecule has 0 fully saturated rings. The van der Waals surface area contributed by atoms with Crippen molar-refractivity contribution in [1.29, 1.82) is 0 Å². The standard InChI is InChI=1S/C23H22N4O/c28-23-13-12-19(14-16-24-15-6-9-18-7-2-1-3-8-18)17-22(23)27-25-20-10-4-5-11-21(20)26-27/h1-13,17,24,28H,14-16H2. The summed E-state index contributed by atoms with van der Waals surface area (Å²) in [5, 5.41) is 22.6. The van der Waals surface area contributed by atoms with Gasteiger partial charge in [-0.2, -0.15) is 0 Å². The van der Waals surface area contributed by atoms with Crippen LogP contribution < -0.4 is 5.32 Å². The summed E-state index contributed by atoms with van der Waals surface area (Å²) in [5.41, 5.74) is 4.52. The number of hydrogen-bond donors (Lipinski definition) is 2. The number of nitrogens with one attached hydrogen (secondary N) is 1. The number of fused-ring (bicyclic) bond motifs is 1. The first kappa shape index (κ1) is 17.9. The number of phenolic OH excluding ortho intramolecular Hbond substituents is 1. The van der Waals surface area contributed by atoms with Crippen molar-refractivity contribution < 1.29 is 5.11 Å². The molecule has 2 N–H and O–H groups in total. The summed E-state index contributed by atoms with van der Waals surface area (Å²) in [6.45, 7) is 1.66. The number of benzene rings is 3. The van der Waals surface area contributed by atoms with Crippen molar-refractivity contribution in [2.24, 2.45) is 0 Å². The average Bonchev–Trinajstić information content (AvgIpc) is 3.16. The first-order chi connectivity index (χ1) is 13.8. The predicted octanol–water partition coefficient (Wildman–Crippen LogP) is 3.97. The van der Waals surface area contributed by atoms with Crippen LogP contribution in [0.3, 0.4) is 0 Å². The van der Waals surface area contributed by atoms with E-state index in [1.807, 2.05) is 54.6 Å². The molecule has 0 spiro atoms. The molecule has 140 valence electrons. The second-order valence-corrected chi connectivity index (χ2v) is 6.57. The van der Waals surface area contributed by atoms with Gasteiger partial charge in [-0.1, -0.05) is 60.7 Å². The third kappa shape index (κ3) is 4.27. The van der Waals surface area contributed by atoms with E-state index in [9.17, 15) is 5.11 Å². The predicted molar refractivity (Wildman–Crippen MR) is 113 cm³/mol. The molecule has 0 aliphatic carbocycles. The van der Waals surface area contributed by atoms with Gasteiger partial charge in [-0.05, 0) is 48.4 Å². The maximum Gasteiger partial charge on any atom is 0.143 e. The topological polar surface area (TPSA) is 63.0 Å². The fourth-order valence-corrected chi connectivity index (χ4v) is 3.03. The third-order valence-corrected chi connectivity index (χ3v) is 4.50. The zero-order valence-electron chi connectivity index (χ0n) is 15.5. The Morgan fingerprint density at radius 1 is 0.893 bits per heavy atom. The minimum Gasteiger partial charge on any atom is -0.506 e. The van der Waals surface area contributed by atoms with Crippen LogP contribution in [0.25, 0.3) is 22.8 Å². The Morgan fingerprint density at radius 3 is 2.36 bits per heavy atom. The van der Waals surface area contributed by atoms with Crippen LogP contribution in [0, 0.1) is 0 Å². The molecule has 5 nitrogen and oxygen atoms in total. The van der Waals surface area contributed by atoms with Gasteiger partial charge in [-0.15, -0.1) is 15.0 Å². The summed E-state index contributed by atoms with van der Waals surface area (Å²) >= 11 is 0. The van der Waals surface area contributed by atoms with E-state index in [1.54, 1.807) is 6.07 Å². The molecule has 4 rings (SSSR count). The first-order valence-electron chi connectivity index (χ1n) is 9.36. The van der Waals surface area contributed by atoms with Crippen molar-refractivity contribution >= 4 is 17.1 Å². The number of hydrogen-bond acceptors (Lipinski definition) is 4. The fourth-order valence-electron chi connectivity index (χ4n) is 3.03. The summed E-state index contributed by atoms with van der Waals surface area (Å²) in [4.78, 5) is 1.50. The molecule has 5 heteroatoms. The van der Waals surface area contributed by atoms with Crippen LogP contribution in [0.1, 0.15) is 11.1 Å². The van der Waals surface area contributed by atoms with E-state index in [4.69, 9.17) is 0 Å². The van der Waals surface area contributed by atoms with Crippen LogP contribution >= 0.6 is 0 Å². The lowest BCUT2D eigenvalue weighted by molar-refractivity contribution is 0.467. The van der Waals surface area contributed by atoms with Crippen molar-refractivity contribution in [3.05, 3.63) is 90.0 Å². The number of phenols is 1. The van der Waals surface area contributed by atoms with Gasteiger partial charge in [0.15, 0.2) is 0 Å². The Balaban J connectivity index is 1.36. The molecule has 3 aromatic carbocycles. The lowest BCUT2D eigenvalue weighted by atomic mass is 10.1. The molecular formula is C23H22N4O. The summed E-state index contributed by atoms with van der Waals surface area (Å²) < 4.78 is 0. The van der Waals surface area contributed by atoms with Gasteiger partial charge in [0, 0.05) is 6.54 Å². The maximum absolute atomic E-state index is 10.2. The Labute approximate surface area is 164 Å². The van der Waals surface area contributed by atoms with Crippen LogP contribution in [-0.4, -0.2) is 33.2 Å². The number of aromatic nitrogens is 3. The zero-order chi connectivity index (χ0) is 19.2. The Morgan fingerprint density at radius 2 is 1.61 bits per heavy atom. The number of aromatic hydroxyl groups is 1. The molecule has 0 atom stereocenters. The number of nitrogens with zero attached hydrogens (tertiary/aromatic N) is 3. The summed E-state index contributed by atoms with van der Waals surface area (Å²) in [7, 11) is 0. The van der Waals surface area contributed by atoms with Crippen molar-refractivity contribution in [2.75, 3.05) is 13.1 Å². The van der Waals surface area contributed by atoms with Gasteiger partial charge >= 0.3 is 0 Å². The lowest BCUT2D eigenvalue weighted by Crippen LogP contribution is -2.17. The number of rotatable bonds is 7. The largest absolute Gasteiger partial charge is 0.506 e. The lowest BCUT2D eigenvalue weighted by Gasteiger charge is -2.07. The van der Waals surface area contributed by atoms with Crippen LogP contribution in [-0.2, 0) is 6.42 Å². The van der Waals surface area contributed by atoms with E-state index in [0.29, 0.717) is 5.69 Å². The van der Waals surface area contributed by atoms with Crippen molar-refractivity contribution in [2.45, 2.75) is 6.42 Å². The van der Waals surface area contributed by atoms with Gasteiger partial charge in [-0.25, -0.2) is 0 Å². The van der Waals surface area contributed by atoms with E-state index in [1.165, 1.54) is 10.4 Å². The molecule has 0 unspecified atom stereocenters. The van der Waals surface area contributed by atoms with Gasteiger partial charge in [0.2, 0.25) is 0 Å². The first-order valence-corrected chi connectivity index (χ1v) is 9.36. The molecule has 1 aromatic heterocycles. The molecule has 0 bridgehead atoms. The molecule has 0 amide bonds. The third-order valence-electron chi connectivity index (χ3n) is 4.50. The molecule has 0 aliphatic heterocycles. The van der Waals surface area contributed by atoms with Crippen molar-refractivity contribution in [1.82, 2.24) is 20.3 Å². The van der Waals surface area contributed by atoms with Gasteiger partial charge in [0.05, 0.1) is 0 Å². The molecule has 1 heterocycles. The highest BCUT2D eigenvalue weighted by Crippen LogP contribution is 2.23. The molecule has 4 aromatic rings. The van der Waals surface area contributed by atoms with E-state index >= 15 is 0 Å². The van der Waals surface area contributed by atoms with Crippen molar-refractivity contribution in [3.8, 4) is 11.4 Å². The molecule has 0 saturated heterocycles. The van der Waals surface area contributed by atoms with E-state index in [0.717, 1.165) is 36.1 Å². The van der Waals surface area contributed by atoms with E-state index < -0.39 is 0 Å². The second kappa shape index (κ2) is 8.50. The second-order valence-electron chi connectivity index (χ2n) is 6.57. The van der Waals surface area contributed by atoms with Crippen LogP contribution in [0.4, 0.5) is 0 Å². The maximum atomic E-state index is 10.2. The summed E-state index contributed by atoms with van der Waals surface area (Å²) in [5.74, 6) is 0.169. The molecule has 0 radical (unpaired) electrons. The SMILES string of the molecule is Oc1ccc(CCNCC=Cc2ccccc2)cc1-n1nc2ccccc2n1. The highest BCUT2D eigenvalue weighted by Gasteiger charge is 2.09. The van der Waals surface area contributed by atoms with Crippen molar-refractivity contribution in [3.63, 3.8) is 0 Å². The Bertz CT molecular complexity index is 1050. The molecule has 28 heavy (non-hydrogen) atoms. The van der Waals surface area contributed by atoms with Gasteiger partial charge in [0.1, 0.15) is 22.5 Å². The Kier molecular flexibility index (Phi) is 5.45. The minimum atomic E-state index is 0.169. The van der Waals surface area contributed by atoms with Crippen LogP contribution in [0.2, 0.25) is 0 Å². The monoisotopic (exact) mass is 370 g/mol. The highest BCUT2D eigenvalue weighted by atomic mass is 16.3. The molecule has 0 aliphatic rings. The van der Waals surface area contributed by atoms with Crippen LogP contribution in [0.15, 0.2) is 78.9 Å². The summed E-state index contributed by atoms with van der Waals surface area (Å²) in [6, 6.07) is 23.5. The highest BCUT2D eigenvalue weighted by molar-refractivity contribution is 5.73. The van der Waals surface area contributed by atoms with Crippen LogP contribution in [0.5, 0.6) is 5.75 Å². The van der Waals surface area contributed by atoms with E-state index in [2.05, 4.69) is 39.8 Å². The zero-order valence-corrected chi connectivity index (χ0v) is 15.5. The van der Waals surface area contributed by atoms with Gasteiger partial charge < -0.3 is 10.4 Å².